The molecule has 0 saturated heterocycles. The Labute approximate surface area is 378 Å². The number of hydrogen-bond donors (Lipinski definition) is 0. The standard InChI is InChI=1S/C63H49N/c1-5-16-49(17-6-1)52-29-27-47(28-30-52)43-60(51-20-9-3-10-21-51)45-48-15-13-22-58(44-48)56-35-31-53(32-36-56)54-33-37-57(38-34-54)59-23-14-26-63(46-59)64(61-24-11-4-12-25-61)62-41-39-55(40-42-62)50-18-7-2-8-19-50/h1-42,44,46,60H,43,45H2. The van der Waals surface area contributed by atoms with Crippen LogP contribution in [0.4, 0.5) is 17.1 Å². The third kappa shape index (κ3) is 9.26. The minimum absolute atomic E-state index is 0.368. The Morgan fingerprint density at radius 3 is 1.11 bits per heavy atom. The van der Waals surface area contributed by atoms with Crippen molar-refractivity contribution in [2.24, 2.45) is 0 Å². The fraction of sp³-hybridized carbons (Fsp3) is 0.0476. The van der Waals surface area contributed by atoms with Gasteiger partial charge in [-0.15, -0.1) is 0 Å². The lowest BCUT2D eigenvalue weighted by Gasteiger charge is -2.26. The molecule has 1 nitrogen and oxygen atoms in total. The van der Waals surface area contributed by atoms with Crippen LogP contribution < -0.4 is 4.90 Å². The van der Waals surface area contributed by atoms with Crippen molar-refractivity contribution in [2.45, 2.75) is 18.8 Å². The molecule has 0 aliphatic rings. The van der Waals surface area contributed by atoms with E-state index in [1.165, 1.54) is 72.3 Å². The Kier molecular flexibility index (Phi) is 11.9. The second kappa shape index (κ2) is 18.9. The highest BCUT2D eigenvalue weighted by atomic mass is 15.1. The van der Waals surface area contributed by atoms with Crippen LogP contribution in [0.25, 0.3) is 55.6 Å². The normalized spacial score (nSPS) is 11.5. The van der Waals surface area contributed by atoms with Crippen molar-refractivity contribution in [2.75, 3.05) is 4.90 Å². The molecule has 306 valence electrons. The molecular formula is C63H49N. The summed E-state index contributed by atoms with van der Waals surface area (Å²) in [4.78, 5) is 2.33. The van der Waals surface area contributed by atoms with Crippen LogP contribution in [0, 0.1) is 0 Å². The van der Waals surface area contributed by atoms with E-state index < -0.39 is 0 Å². The molecule has 0 saturated carbocycles. The van der Waals surface area contributed by atoms with E-state index >= 15 is 0 Å². The van der Waals surface area contributed by atoms with Crippen molar-refractivity contribution < 1.29 is 0 Å². The Morgan fingerprint density at radius 1 is 0.234 bits per heavy atom. The average Bonchev–Trinajstić information content (AvgIpc) is 3.38. The van der Waals surface area contributed by atoms with Crippen molar-refractivity contribution in [3.05, 3.63) is 284 Å². The van der Waals surface area contributed by atoms with Crippen LogP contribution in [-0.4, -0.2) is 0 Å². The highest BCUT2D eigenvalue weighted by Gasteiger charge is 2.16. The average molecular weight is 820 g/mol. The van der Waals surface area contributed by atoms with Crippen LogP contribution in [-0.2, 0) is 12.8 Å². The van der Waals surface area contributed by atoms with Crippen LogP contribution in [0.15, 0.2) is 267 Å². The number of rotatable bonds is 13. The fourth-order valence-electron chi connectivity index (χ4n) is 8.94. The molecule has 0 radical (unpaired) electrons. The van der Waals surface area contributed by atoms with Crippen LogP contribution >= 0.6 is 0 Å². The first-order valence-electron chi connectivity index (χ1n) is 22.3. The van der Waals surface area contributed by atoms with Gasteiger partial charge < -0.3 is 4.90 Å². The van der Waals surface area contributed by atoms with Gasteiger partial charge in [0.25, 0.3) is 0 Å². The smallest absolute Gasteiger partial charge is 0.0467 e. The molecule has 0 aromatic heterocycles. The van der Waals surface area contributed by atoms with Crippen LogP contribution in [0.1, 0.15) is 22.6 Å². The zero-order chi connectivity index (χ0) is 42.9. The highest BCUT2D eigenvalue weighted by molar-refractivity contribution is 5.82. The number of para-hydroxylation sites is 1. The molecule has 0 amide bonds. The summed E-state index contributed by atoms with van der Waals surface area (Å²) in [6.07, 6.45) is 1.95. The van der Waals surface area contributed by atoms with E-state index in [0.717, 1.165) is 29.9 Å². The zero-order valence-corrected chi connectivity index (χ0v) is 35.8. The molecular weight excluding hydrogens is 771 g/mol. The summed E-state index contributed by atoms with van der Waals surface area (Å²) >= 11 is 0. The van der Waals surface area contributed by atoms with Gasteiger partial charge in [-0.05, 0) is 127 Å². The first-order chi connectivity index (χ1) is 31.7. The lowest BCUT2D eigenvalue weighted by Crippen LogP contribution is -2.09. The molecule has 0 aliphatic carbocycles. The van der Waals surface area contributed by atoms with Crippen molar-refractivity contribution in [3.8, 4) is 55.6 Å². The molecule has 64 heavy (non-hydrogen) atoms. The molecule has 0 spiro atoms. The first kappa shape index (κ1) is 40.1. The highest BCUT2D eigenvalue weighted by Crippen LogP contribution is 2.38. The SMILES string of the molecule is c1ccc(-c2ccc(CC(Cc3cccc(-c4ccc(-c5ccc(-c6cccc(N(c7ccccc7)c7ccc(-c8ccccc8)cc7)c6)cc5)cc4)c3)c3ccccc3)cc2)cc1. The number of hydrogen-bond acceptors (Lipinski definition) is 1. The van der Waals surface area contributed by atoms with Crippen LogP contribution in [0.3, 0.4) is 0 Å². The molecule has 1 unspecified atom stereocenters. The summed E-state index contributed by atoms with van der Waals surface area (Å²) in [6, 6.07) is 96.7. The molecule has 1 atom stereocenters. The minimum Gasteiger partial charge on any atom is -0.310 e. The third-order valence-corrected chi connectivity index (χ3v) is 12.3. The van der Waals surface area contributed by atoms with E-state index in [0.29, 0.717) is 5.92 Å². The van der Waals surface area contributed by atoms with Gasteiger partial charge in [0.05, 0.1) is 0 Å². The van der Waals surface area contributed by atoms with Gasteiger partial charge >= 0.3 is 0 Å². The topological polar surface area (TPSA) is 3.24 Å². The van der Waals surface area contributed by atoms with Gasteiger partial charge in [0, 0.05) is 17.1 Å². The lowest BCUT2D eigenvalue weighted by atomic mass is 9.85. The largest absolute Gasteiger partial charge is 0.310 e. The lowest BCUT2D eigenvalue weighted by molar-refractivity contribution is 0.680. The van der Waals surface area contributed by atoms with E-state index in [1.807, 2.05) is 0 Å². The van der Waals surface area contributed by atoms with Crippen LogP contribution in [0.5, 0.6) is 0 Å². The van der Waals surface area contributed by atoms with Gasteiger partial charge in [-0.3, -0.25) is 0 Å². The van der Waals surface area contributed by atoms with Gasteiger partial charge in [0.2, 0.25) is 0 Å². The molecule has 10 rings (SSSR count). The summed E-state index contributed by atoms with van der Waals surface area (Å²) in [5, 5.41) is 0. The van der Waals surface area contributed by atoms with Gasteiger partial charge in [0.1, 0.15) is 0 Å². The Bertz CT molecular complexity index is 3030. The number of nitrogens with zero attached hydrogens (tertiary/aromatic N) is 1. The molecule has 0 aliphatic heterocycles. The molecule has 1 heteroatoms. The summed E-state index contributed by atoms with van der Waals surface area (Å²) in [7, 11) is 0. The zero-order valence-electron chi connectivity index (χ0n) is 35.8. The molecule has 0 heterocycles. The van der Waals surface area contributed by atoms with Gasteiger partial charge in [-0.25, -0.2) is 0 Å². The summed E-state index contributed by atoms with van der Waals surface area (Å²) in [5.74, 6) is 0.368. The van der Waals surface area contributed by atoms with E-state index in [4.69, 9.17) is 0 Å². The van der Waals surface area contributed by atoms with E-state index in [9.17, 15) is 0 Å². The maximum absolute atomic E-state index is 2.38. The summed E-state index contributed by atoms with van der Waals surface area (Å²) in [6.45, 7) is 0. The van der Waals surface area contributed by atoms with E-state index in [-0.39, 0.29) is 0 Å². The molecule has 0 fully saturated rings. The Hall–Kier alpha value is -8.00. The second-order valence-corrected chi connectivity index (χ2v) is 16.6. The Morgan fingerprint density at radius 2 is 0.578 bits per heavy atom. The molecule has 0 bridgehead atoms. The monoisotopic (exact) mass is 819 g/mol. The van der Waals surface area contributed by atoms with Gasteiger partial charge in [-0.1, -0.05) is 231 Å². The molecule has 10 aromatic carbocycles. The first-order valence-corrected chi connectivity index (χ1v) is 22.3. The summed E-state index contributed by atoms with van der Waals surface area (Å²) < 4.78 is 0. The quantitative estimate of drug-likeness (QED) is 0.112. The molecule has 0 N–H and O–H groups in total. The van der Waals surface area contributed by atoms with Gasteiger partial charge in [-0.2, -0.15) is 0 Å². The van der Waals surface area contributed by atoms with Gasteiger partial charge in [0.15, 0.2) is 0 Å². The predicted octanol–water partition coefficient (Wildman–Crippen LogP) is 17.1. The summed E-state index contributed by atoms with van der Waals surface area (Å²) in [5.41, 5.74) is 19.6. The maximum Gasteiger partial charge on any atom is 0.0467 e. The van der Waals surface area contributed by atoms with Crippen molar-refractivity contribution in [3.63, 3.8) is 0 Å². The molecule has 10 aromatic rings. The minimum atomic E-state index is 0.368. The van der Waals surface area contributed by atoms with E-state index in [1.54, 1.807) is 0 Å². The number of anilines is 3. The maximum atomic E-state index is 2.38. The third-order valence-electron chi connectivity index (χ3n) is 12.3. The Balaban J connectivity index is 0.847. The van der Waals surface area contributed by atoms with Crippen molar-refractivity contribution in [1.29, 1.82) is 0 Å². The van der Waals surface area contributed by atoms with Crippen molar-refractivity contribution in [1.82, 2.24) is 0 Å². The van der Waals surface area contributed by atoms with Crippen LogP contribution in [0.2, 0.25) is 0 Å². The predicted molar refractivity (Wildman–Crippen MR) is 271 cm³/mol. The number of benzene rings is 10. The van der Waals surface area contributed by atoms with E-state index in [2.05, 4.69) is 272 Å². The fourth-order valence-corrected chi connectivity index (χ4v) is 8.94. The van der Waals surface area contributed by atoms with Crippen molar-refractivity contribution >= 4 is 17.1 Å². The second-order valence-electron chi connectivity index (χ2n) is 16.6.